The summed E-state index contributed by atoms with van der Waals surface area (Å²) in [5, 5.41) is 11.7. The molecule has 0 unspecified atom stereocenters. The maximum Gasteiger partial charge on any atom is 0.266 e. The van der Waals surface area contributed by atoms with Crippen molar-refractivity contribution in [3.8, 4) is 17.6 Å². The van der Waals surface area contributed by atoms with Gasteiger partial charge in [-0.3, -0.25) is 4.79 Å². The normalized spacial score (nSPS) is 11.0. The molecule has 6 heteroatoms. The van der Waals surface area contributed by atoms with Gasteiger partial charge in [0.25, 0.3) is 5.91 Å². The molecule has 26 heavy (non-hydrogen) atoms. The van der Waals surface area contributed by atoms with Crippen LogP contribution in [0.25, 0.3) is 6.08 Å². The summed E-state index contributed by atoms with van der Waals surface area (Å²) in [7, 11) is 1.51. The maximum atomic E-state index is 13.6. The maximum absolute atomic E-state index is 13.6. The molecule has 1 N–H and O–H groups in total. The lowest BCUT2D eigenvalue weighted by Crippen LogP contribution is -2.14. The van der Waals surface area contributed by atoms with Gasteiger partial charge < -0.3 is 14.8 Å². The molecule has 0 radical (unpaired) electrons. The molecule has 0 aliphatic heterocycles. The minimum Gasteiger partial charge on any atom is -0.493 e. The first-order chi connectivity index (χ1) is 12.4. The fourth-order valence-electron chi connectivity index (χ4n) is 2.19. The Morgan fingerprint density at radius 1 is 1.23 bits per heavy atom. The van der Waals surface area contributed by atoms with E-state index in [4.69, 9.17) is 9.47 Å². The molecule has 0 aromatic heterocycles. The zero-order valence-corrected chi connectivity index (χ0v) is 14.7. The Balaban J connectivity index is 2.26. The van der Waals surface area contributed by atoms with Crippen LogP contribution in [0.15, 0.2) is 48.0 Å². The van der Waals surface area contributed by atoms with E-state index in [1.54, 1.807) is 24.3 Å². The molecule has 0 aliphatic carbocycles. The van der Waals surface area contributed by atoms with Gasteiger partial charge in [0.15, 0.2) is 11.5 Å². The van der Waals surface area contributed by atoms with Crippen LogP contribution in [-0.2, 0) is 4.79 Å². The van der Waals surface area contributed by atoms with Gasteiger partial charge in [-0.2, -0.15) is 5.26 Å². The van der Waals surface area contributed by atoms with E-state index in [2.05, 4.69) is 5.32 Å². The molecule has 0 aliphatic rings. The fraction of sp³-hybridized carbons (Fsp3) is 0.200. The highest BCUT2D eigenvalue weighted by atomic mass is 19.1. The second-order valence-corrected chi connectivity index (χ2v) is 5.68. The SMILES string of the molecule is COc1cc(/C=C(\C#N)C(=O)Nc2ccccc2F)ccc1OC(C)C. The third-order valence-corrected chi connectivity index (χ3v) is 3.35. The number of hydrogen-bond donors (Lipinski definition) is 1. The second kappa shape index (κ2) is 8.67. The lowest BCUT2D eigenvalue weighted by Gasteiger charge is -2.14. The second-order valence-electron chi connectivity index (χ2n) is 5.68. The van der Waals surface area contributed by atoms with Crippen molar-refractivity contribution >= 4 is 17.7 Å². The number of amides is 1. The average Bonchev–Trinajstić information content (AvgIpc) is 2.62. The van der Waals surface area contributed by atoms with E-state index in [9.17, 15) is 14.4 Å². The first kappa shape index (κ1) is 19.0. The van der Waals surface area contributed by atoms with Crippen LogP contribution < -0.4 is 14.8 Å². The van der Waals surface area contributed by atoms with Crippen LogP contribution in [0.1, 0.15) is 19.4 Å². The predicted octanol–water partition coefficient (Wildman–Crippen LogP) is 4.17. The van der Waals surface area contributed by atoms with Crippen molar-refractivity contribution in [2.24, 2.45) is 0 Å². The summed E-state index contributed by atoms with van der Waals surface area (Å²) in [5.74, 6) is -0.220. The molecular weight excluding hydrogens is 335 g/mol. The monoisotopic (exact) mass is 354 g/mol. The Hall–Kier alpha value is -3.33. The molecule has 0 fully saturated rings. The number of ether oxygens (including phenoxy) is 2. The van der Waals surface area contributed by atoms with Crippen LogP contribution in [0.3, 0.4) is 0 Å². The lowest BCUT2D eigenvalue weighted by molar-refractivity contribution is -0.112. The summed E-state index contributed by atoms with van der Waals surface area (Å²) in [6.07, 6.45) is 1.38. The zero-order chi connectivity index (χ0) is 19.1. The van der Waals surface area contributed by atoms with Gasteiger partial charge in [-0.15, -0.1) is 0 Å². The summed E-state index contributed by atoms with van der Waals surface area (Å²) >= 11 is 0. The van der Waals surface area contributed by atoms with E-state index in [-0.39, 0.29) is 17.4 Å². The van der Waals surface area contributed by atoms with Gasteiger partial charge in [-0.1, -0.05) is 18.2 Å². The number of rotatable bonds is 6. The molecule has 0 spiro atoms. The number of nitrogens with zero attached hydrogens (tertiary/aromatic N) is 1. The first-order valence-corrected chi connectivity index (χ1v) is 7.97. The van der Waals surface area contributed by atoms with Crippen molar-refractivity contribution in [2.75, 3.05) is 12.4 Å². The summed E-state index contributed by atoms with van der Waals surface area (Å²) < 4.78 is 24.6. The molecule has 134 valence electrons. The molecule has 1 amide bonds. The van der Waals surface area contributed by atoms with Crippen LogP contribution in [0.5, 0.6) is 11.5 Å². The van der Waals surface area contributed by atoms with Crippen LogP contribution >= 0.6 is 0 Å². The highest BCUT2D eigenvalue weighted by molar-refractivity contribution is 6.09. The van der Waals surface area contributed by atoms with Crippen molar-refractivity contribution in [1.82, 2.24) is 0 Å². The van der Waals surface area contributed by atoms with Crippen LogP contribution in [0, 0.1) is 17.1 Å². The Labute approximate surface area is 151 Å². The van der Waals surface area contributed by atoms with Crippen molar-refractivity contribution in [1.29, 1.82) is 5.26 Å². The van der Waals surface area contributed by atoms with Gasteiger partial charge in [0.1, 0.15) is 17.5 Å². The van der Waals surface area contributed by atoms with E-state index in [1.807, 2.05) is 19.9 Å². The van der Waals surface area contributed by atoms with Gasteiger partial charge in [-0.25, -0.2) is 4.39 Å². The minimum atomic E-state index is -0.695. The fourth-order valence-corrected chi connectivity index (χ4v) is 2.19. The van der Waals surface area contributed by atoms with E-state index in [1.165, 1.54) is 31.4 Å². The molecule has 2 aromatic rings. The molecule has 2 aromatic carbocycles. The van der Waals surface area contributed by atoms with Gasteiger partial charge in [0, 0.05) is 0 Å². The van der Waals surface area contributed by atoms with E-state index < -0.39 is 11.7 Å². The van der Waals surface area contributed by atoms with Gasteiger partial charge in [0.2, 0.25) is 0 Å². The van der Waals surface area contributed by atoms with E-state index >= 15 is 0 Å². The van der Waals surface area contributed by atoms with Gasteiger partial charge >= 0.3 is 0 Å². The molecule has 0 bridgehead atoms. The molecule has 0 saturated carbocycles. The highest BCUT2D eigenvalue weighted by Crippen LogP contribution is 2.29. The highest BCUT2D eigenvalue weighted by Gasteiger charge is 2.13. The number of methoxy groups -OCH3 is 1. The number of nitriles is 1. The molecule has 5 nitrogen and oxygen atoms in total. The number of carbonyl (C=O) groups is 1. The van der Waals surface area contributed by atoms with Crippen molar-refractivity contribution in [2.45, 2.75) is 20.0 Å². The standard InChI is InChI=1S/C20H19FN2O3/c1-13(2)26-18-9-8-14(11-19(18)25-3)10-15(12-22)20(24)23-17-7-5-4-6-16(17)21/h4-11,13H,1-3H3,(H,23,24)/b15-10+. The smallest absolute Gasteiger partial charge is 0.266 e. The quantitative estimate of drug-likeness (QED) is 0.624. The van der Waals surface area contributed by atoms with Crippen molar-refractivity contribution < 1.29 is 18.7 Å². The summed E-state index contributed by atoms with van der Waals surface area (Å²) in [6, 6.07) is 12.6. The van der Waals surface area contributed by atoms with E-state index in [0.717, 1.165) is 0 Å². The van der Waals surface area contributed by atoms with Gasteiger partial charge in [0.05, 0.1) is 18.9 Å². The predicted molar refractivity (Wildman–Crippen MR) is 97.4 cm³/mol. The lowest BCUT2D eigenvalue weighted by atomic mass is 10.1. The minimum absolute atomic E-state index is 0.0110. The topological polar surface area (TPSA) is 71.3 Å². The largest absolute Gasteiger partial charge is 0.493 e. The number of benzene rings is 2. The van der Waals surface area contributed by atoms with Crippen LogP contribution in [0.2, 0.25) is 0 Å². The number of halogens is 1. The van der Waals surface area contributed by atoms with Gasteiger partial charge in [-0.05, 0) is 49.8 Å². The molecule has 0 heterocycles. The molecular formula is C20H19FN2O3. The first-order valence-electron chi connectivity index (χ1n) is 7.97. The van der Waals surface area contributed by atoms with Crippen molar-refractivity contribution in [3.05, 3.63) is 59.4 Å². The number of carbonyl (C=O) groups excluding carboxylic acids is 1. The van der Waals surface area contributed by atoms with Crippen LogP contribution in [0.4, 0.5) is 10.1 Å². The number of nitrogens with one attached hydrogen (secondary N) is 1. The Morgan fingerprint density at radius 2 is 1.96 bits per heavy atom. The summed E-state index contributed by atoms with van der Waals surface area (Å²) in [6.45, 7) is 3.79. The Morgan fingerprint density at radius 3 is 2.58 bits per heavy atom. The zero-order valence-electron chi connectivity index (χ0n) is 14.7. The Bertz CT molecular complexity index is 870. The average molecular weight is 354 g/mol. The summed E-state index contributed by atoms with van der Waals surface area (Å²) in [4.78, 5) is 12.2. The molecule has 2 rings (SSSR count). The Kier molecular flexibility index (Phi) is 6.34. The molecule has 0 saturated heterocycles. The van der Waals surface area contributed by atoms with Crippen molar-refractivity contribution in [3.63, 3.8) is 0 Å². The van der Waals surface area contributed by atoms with E-state index in [0.29, 0.717) is 17.1 Å². The third kappa shape index (κ3) is 4.84. The third-order valence-electron chi connectivity index (χ3n) is 3.35. The summed E-state index contributed by atoms with van der Waals surface area (Å²) in [5.41, 5.74) is 0.433. The number of anilines is 1. The number of para-hydroxylation sites is 1. The molecule has 0 atom stereocenters. The van der Waals surface area contributed by atoms with Crippen LogP contribution in [-0.4, -0.2) is 19.1 Å². The number of hydrogen-bond acceptors (Lipinski definition) is 4.